The van der Waals surface area contributed by atoms with Crippen molar-refractivity contribution in [2.24, 2.45) is 0 Å². The lowest BCUT2D eigenvalue weighted by atomic mass is 10.1. The third kappa shape index (κ3) is 4.02. The van der Waals surface area contributed by atoms with E-state index in [4.69, 9.17) is 0 Å². The van der Waals surface area contributed by atoms with Crippen molar-refractivity contribution in [3.05, 3.63) is 71.4 Å². The molecule has 0 amide bonds. The molecule has 0 spiro atoms. The molecule has 0 atom stereocenters. The van der Waals surface area contributed by atoms with Crippen LogP contribution in [0.1, 0.15) is 28.5 Å². The van der Waals surface area contributed by atoms with Crippen LogP contribution in [0, 0.1) is 18.3 Å². The van der Waals surface area contributed by atoms with Crippen LogP contribution in [0.15, 0.2) is 54.6 Å². The highest BCUT2D eigenvalue weighted by atomic mass is 16.1. The molecule has 1 heterocycles. The van der Waals surface area contributed by atoms with Crippen LogP contribution < -0.4 is 10.6 Å². The number of carbonyl (C=O) groups excluding carboxylic acids is 1. The summed E-state index contributed by atoms with van der Waals surface area (Å²) >= 11 is 0. The highest BCUT2D eigenvalue weighted by molar-refractivity contribution is 5.95. The Bertz CT molecular complexity index is 1010. The second-order valence-corrected chi connectivity index (χ2v) is 5.76. The van der Waals surface area contributed by atoms with Gasteiger partial charge in [-0.05, 0) is 38.1 Å². The topological polar surface area (TPSA) is 90.7 Å². The Morgan fingerprint density at radius 1 is 1.04 bits per heavy atom. The molecule has 0 saturated heterocycles. The van der Waals surface area contributed by atoms with Crippen molar-refractivity contribution in [1.82, 2.24) is 9.97 Å². The van der Waals surface area contributed by atoms with Crippen molar-refractivity contribution in [3.63, 3.8) is 0 Å². The average Bonchev–Trinajstić information content (AvgIpc) is 2.62. The summed E-state index contributed by atoms with van der Waals surface area (Å²) in [5, 5.41) is 15.5. The maximum absolute atomic E-state index is 11.5. The molecule has 1 aromatic heterocycles. The summed E-state index contributed by atoms with van der Waals surface area (Å²) in [6, 6.07) is 18.3. The minimum Gasteiger partial charge on any atom is -0.340 e. The van der Waals surface area contributed by atoms with Crippen LogP contribution in [-0.2, 0) is 0 Å². The Hall–Kier alpha value is -3.72. The van der Waals surface area contributed by atoms with Gasteiger partial charge in [-0.1, -0.05) is 24.3 Å². The fraction of sp³-hybridized carbons (Fsp3) is 0.100. The first-order chi connectivity index (χ1) is 12.5. The number of nitrogens with one attached hydrogen (secondary N) is 2. The summed E-state index contributed by atoms with van der Waals surface area (Å²) in [6.07, 6.45) is 0. The van der Waals surface area contributed by atoms with E-state index in [-0.39, 0.29) is 5.78 Å². The zero-order valence-corrected chi connectivity index (χ0v) is 14.4. The molecule has 0 aliphatic carbocycles. The van der Waals surface area contributed by atoms with Crippen molar-refractivity contribution in [2.45, 2.75) is 13.8 Å². The average molecular weight is 343 g/mol. The van der Waals surface area contributed by atoms with Crippen LogP contribution in [0.5, 0.6) is 0 Å². The first-order valence-electron chi connectivity index (χ1n) is 8.05. The number of carbonyl (C=O) groups is 1. The van der Waals surface area contributed by atoms with Crippen LogP contribution in [0.2, 0.25) is 0 Å². The Balaban J connectivity index is 1.87. The fourth-order valence-corrected chi connectivity index (χ4v) is 2.46. The Morgan fingerprint density at radius 3 is 2.62 bits per heavy atom. The Kier molecular flexibility index (Phi) is 4.90. The van der Waals surface area contributed by atoms with Gasteiger partial charge in [-0.15, -0.1) is 0 Å². The smallest absolute Gasteiger partial charge is 0.229 e. The number of para-hydroxylation sites is 1. The summed E-state index contributed by atoms with van der Waals surface area (Å²) < 4.78 is 0. The first-order valence-corrected chi connectivity index (χ1v) is 8.05. The minimum absolute atomic E-state index is 0.00276. The zero-order chi connectivity index (χ0) is 18.5. The SMILES string of the molecule is CC(=O)c1cccc(Nc2cc(C)nc(Nc3ccccc3C#N)n2)c1. The van der Waals surface area contributed by atoms with Crippen molar-refractivity contribution < 1.29 is 4.79 Å². The van der Waals surface area contributed by atoms with Gasteiger partial charge in [0.25, 0.3) is 0 Å². The molecule has 0 aliphatic heterocycles. The Labute approximate surface area is 151 Å². The molecular weight excluding hydrogens is 326 g/mol. The van der Waals surface area contributed by atoms with E-state index in [1.165, 1.54) is 6.92 Å². The zero-order valence-electron chi connectivity index (χ0n) is 14.4. The first kappa shape index (κ1) is 17.1. The second-order valence-electron chi connectivity index (χ2n) is 5.76. The van der Waals surface area contributed by atoms with Crippen molar-refractivity contribution in [1.29, 1.82) is 5.26 Å². The van der Waals surface area contributed by atoms with Crippen molar-refractivity contribution in [3.8, 4) is 6.07 Å². The summed E-state index contributed by atoms with van der Waals surface area (Å²) in [5.74, 6) is 0.982. The van der Waals surface area contributed by atoms with Gasteiger partial charge in [-0.2, -0.15) is 10.2 Å². The molecule has 2 aromatic carbocycles. The van der Waals surface area contributed by atoms with E-state index in [0.717, 1.165) is 11.4 Å². The number of hydrogen-bond donors (Lipinski definition) is 2. The summed E-state index contributed by atoms with van der Waals surface area (Å²) in [4.78, 5) is 20.3. The van der Waals surface area contributed by atoms with Crippen molar-refractivity contribution >= 4 is 28.9 Å². The largest absolute Gasteiger partial charge is 0.340 e. The molecule has 3 rings (SSSR count). The number of aromatic nitrogens is 2. The quantitative estimate of drug-likeness (QED) is 0.669. The van der Waals surface area contributed by atoms with Gasteiger partial charge in [0, 0.05) is 23.0 Å². The van der Waals surface area contributed by atoms with Gasteiger partial charge < -0.3 is 10.6 Å². The monoisotopic (exact) mass is 343 g/mol. The molecule has 0 radical (unpaired) electrons. The van der Waals surface area contributed by atoms with E-state index in [9.17, 15) is 10.1 Å². The normalized spacial score (nSPS) is 10.0. The molecule has 0 saturated carbocycles. The molecule has 6 heteroatoms. The lowest BCUT2D eigenvalue weighted by Gasteiger charge is -2.11. The predicted octanol–water partition coefficient (Wildman–Crippen LogP) is 4.35. The van der Waals surface area contributed by atoms with Gasteiger partial charge in [0.15, 0.2) is 5.78 Å². The Morgan fingerprint density at radius 2 is 1.85 bits per heavy atom. The van der Waals surface area contributed by atoms with Crippen LogP contribution >= 0.6 is 0 Å². The molecule has 0 unspecified atom stereocenters. The van der Waals surface area contributed by atoms with E-state index in [1.807, 2.05) is 31.2 Å². The number of nitriles is 1. The van der Waals surface area contributed by atoms with Crippen LogP contribution in [0.3, 0.4) is 0 Å². The fourth-order valence-electron chi connectivity index (χ4n) is 2.46. The molecule has 2 N–H and O–H groups in total. The van der Waals surface area contributed by atoms with Crippen LogP contribution in [0.25, 0.3) is 0 Å². The molecule has 0 aliphatic rings. The lowest BCUT2D eigenvalue weighted by Crippen LogP contribution is -2.03. The molecule has 6 nitrogen and oxygen atoms in total. The van der Waals surface area contributed by atoms with E-state index >= 15 is 0 Å². The number of nitrogens with zero attached hydrogens (tertiary/aromatic N) is 3. The van der Waals surface area contributed by atoms with E-state index in [0.29, 0.717) is 28.6 Å². The number of Topliss-reactive ketones (excluding diaryl/α,β-unsaturated/α-hetero) is 1. The van der Waals surface area contributed by atoms with E-state index in [1.54, 1.807) is 30.3 Å². The number of benzene rings is 2. The lowest BCUT2D eigenvalue weighted by molar-refractivity contribution is 0.101. The summed E-state index contributed by atoms with van der Waals surface area (Å²) in [5.41, 5.74) is 3.31. The highest BCUT2D eigenvalue weighted by Crippen LogP contribution is 2.21. The molecule has 26 heavy (non-hydrogen) atoms. The standard InChI is InChI=1S/C20H17N5O/c1-13-10-19(23-17-8-5-7-15(11-17)14(2)26)25-20(22-13)24-18-9-4-3-6-16(18)12-21/h3-11H,1-2H3,(H2,22,23,24,25). The van der Waals surface area contributed by atoms with E-state index in [2.05, 4.69) is 26.7 Å². The maximum Gasteiger partial charge on any atom is 0.229 e. The highest BCUT2D eigenvalue weighted by Gasteiger charge is 2.07. The number of aryl methyl sites for hydroxylation is 1. The molecule has 3 aromatic rings. The van der Waals surface area contributed by atoms with Crippen LogP contribution in [-0.4, -0.2) is 15.8 Å². The second kappa shape index (κ2) is 7.45. The number of anilines is 4. The minimum atomic E-state index is 0.00276. The number of hydrogen-bond acceptors (Lipinski definition) is 6. The van der Waals surface area contributed by atoms with Gasteiger partial charge in [-0.3, -0.25) is 4.79 Å². The third-order valence-corrected chi connectivity index (χ3v) is 3.69. The molecule has 0 bridgehead atoms. The van der Waals surface area contributed by atoms with Crippen LogP contribution in [0.4, 0.5) is 23.1 Å². The van der Waals surface area contributed by atoms with Gasteiger partial charge >= 0.3 is 0 Å². The van der Waals surface area contributed by atoms with E-state index < -0.39 is 0 Å². The van der Waals surface area contributed by atoms with Gasteiger partial charge in [0.2, 0.25) is 5.95 Å². The maximum atomic E-state index is 11.5. The van der Waals surface area contributed by atoms with Gasteiger partial charge in [0.05, 0.1) is 11.3 Å². The van der Waals surface area contributed by atoms with Gasteiger partial charge in [-0.25, -0.2) is 4.98 Å². The van der Waals surface area contributed by atoms with Gasteiger partial charge in [0.1, 0.15) is 11.9 Å². The summed E-state index contributed by atoms with van der Waals surface area (Å²) in [6.45, 7) is 3.39. The summed E-state index contributed by atoms with van der Waals surface area (Å²) in [7, 11) is 0. The number of rotatable bonds is 5. The van der Waals surface area contributed by atoms with Crippen molar-refractivity contribution in [2.75, 3.05) is 10.6 Å². The predicted molar refractivity (Wildman–Crippen MR) is 101 cm³/mol. The molecule has 0 fully saturated rings. The number of ketones is 1. The third-order valence-electron chi connectivity index (χ3n) is 3.69. The molecular formula is C20H17N5O. The molecule has 128 valence electrons.